The summed E-state index contributed by atoms with van der Waals surface area (Å²) in [5, 5.41) is 0.848. The molecule has 4 aromatic heterocycles. The van der Waals surface area contributed by atoms with Gasteiger partial charge in [-0.1, -0.05) is 12.1 Å². The lowest BCUT2D eigenvalue weighted by Gasteiger charge is -2.13. The summed E-state index contributed by atoms with van der Waals surface area (Å²) in [6.07, 6.45) is 3.50. The Bertz CT molecular complexity index is 1460. The molecule has 0 N–H and O–H groups in total. The molecule has 0 aliphatic rings. The zero-order valence-corrected chi connectivity index (χ0v) is 16.5. The third kappa shape index (κ3) is 2.99. The molecule has 30 heavy (non-hydrogen) atoms. The van der Waals surface area contributed by atoms with Gasteiger partial charge in [0.25, 0.3) is 5.56 Å². The summed E-state index contributed by atoms with van der Waals surface area (Å²) < 4.78 is 6.84. The summed E-state index contributed by atoms with van der Waals surface area (Å²) in [7, 11) is 1.58. The summed E-state index contributed by atoms with van der Waals surface area (Å²) in [6.45, 7) is 2.01. The number of methoxy groups -OCH3 is 1. The van der Waals surface area contributed by atoms with E-state index in [-0.39, 0.29) is 5.56 Å². The molecule has 0 spiro atoms. The Labute approximate surface area is 172 Å². The highest BCUT2D eigenvalue weighted by atomic mass is 16.5. The van der Waals surface area contributed by atoms with Crippen LogP contribution >= 0.6 is 0 Å². The van der Waals surface area contributed by atoms with Crippen molar-refractivity contribution < 1.29 is 4.74 Å². The third-order valence-corrected chi connectivity index (χ3v) is 5.06. The quantitative estimate of drug-likeness (QED) is 0.427. The van der Waals surface area contributed by atoms with Crippen molar-refractivity contribution >= 4 is 21.9 Å². The van der Waals surface area contributed by atoms with Gasteiger partial charge in [0.05, 0.1) is 23.8 Å². The lowest BCUT2D eigenvalue weighted by molar-refractivity contribution is 0.398. The minimum Gasteiger partial charge on any atom is -0.481 e. The third-order valence-electron chi connectivity index (χ3n) is 5.06. The monoisotopic (exact) mass is 394 g/mol. The van der Waals surface area contributed by atoms with Crippen molar-refractivity contribution in [3.8, 4) is 22.8 Å². The van der Waals surface area contributed by atoms with Gasteiger partial charge < -0.3 is 4.74 Å². The number of hydrogen-bond donors (Lipinski definition) is 0. The molecule has 1 aromatic carbocycles. The van der Waals surface area contributed by atoms with E-state index in [1.165, 1.54) is 0 Å². The molecule has 0 unspecified atom stereocenters. The van der Waals surface area contributed by atoms with Gasteiger partial charge in [0.15, 0.2) is 0 Å². The molecule has 0 saturated heterocycles. The second-order valence-corrected chi connectivity index (χ2v) is 7.06. The maximum atomic E-state index is 12.9. The van der Waals surface area contributed by atoms with E-state index in [4.69, 9.17) is 9.72 Å². The SMILES string of the molecule is COc1ccc(-c2ccc3ncc4ccc(=O)n(-c5cccc(C)c5)c4c3n2)cn1. The standard InChI is InChI=1S/C24H18N4O2/c1-15-4-3-5-18(12-15)28-22(29)11-7-17-14-25-20-9-8-19(27-23(20)24(17)28)16-6-10-21(30-2)26-13-16/h3-14H,1-2H3. The Hall–Kier alpha value is -4.06. The van der Waals surface area contributed by atoms with Crippen LogP contribution in [-0.4, -0.2) is 26.6 Å². The van der Waals surface area contributed by atoms with Crippen LogP contribution in [0.5, 0.6) is 5.88 Å². The Morgan fingerprint density at radius 1 is 0.933 bits per heavy atom. The van der Waals surface area contributed by atoms with Crippen molar-refractivity contribution in [2.45, 2.75) is 6.92 Å². The van der Waals surface area contributed by atoms with E-state index in [0.717, 1.165) is 38.9 Å². The Kier molecular flexibility index (Phi) is 4.25. The number of hydrogen-bond acceptors (Lipinski definition) is 5. The second kappa shape index (κ2) is 7.08. The minimum atomic E-state index is -0.112. The fourth-order valence-electron chi connectivity index (χ4n) is 3.61. The van der Waals surface area contributed by atoms with Crippen LogP contribution in [0.15, 0.2) is 77.9 Å². The van der Waals surface area contributed by atoms with Gasteiger partial charge in [0.1, 0.15) is 5.52 Å². The lowest BCUT2D eigenvalue weighted by atomic mass is 10.1. The zero-order chi connectivity index (χ0) is 20.7. The number of fused-ring (bicyclic) bond motifs is 3. The van der Waals surface area contributed by atoms with Gasteiger partial charge >= 0.3 is 0 Å². The van der Waals surface area contributed by atoms with E-state index in [9.17, 15) is 4.79 Å². The van der Waals surface area contributed by atoms with Crippen LogP contribution in [0.25, 0.3) is 38.9 Å². The van der Waals surface area contributed by atoms with Crippen molar-refractivity contribution in [2.75, 3.05) is 7.11 Å². The molecule has 146 valence electrons. The summed E-state index contributed by atoms with van der Waals surface area (Å²) in [6, 6.07) is 18.8. The Morgan fingerprint density at radius 2 is 1.83 bits per heavy atom. The van der Waals surface area contributed by atoms with Crippen LogP contribution in [-0.2, 0) is 0 Å². The number of ether oxygens (including phenoxy) is 1. The molecule has 0 atom stereocenters. The molecular formula is C24H18N4O2. The van der Waals surface area contributed by atoms with E-state index >= 15 is 0 Å². The largest absolute Gasteiger partial charge is 0.481 e. The smallest absolute Gasteiger partial charge is 0.255 e. The fraction of sp³-hybridized carbons (Fsp3) is 0.0833. The molecule has 5 rings (SSSR count). The summed E-state index contributed by atoms with van der Waals surface area (Å²) in [4.78, 5) is 26.6. The van der Waals surface area contributed by atoms with Gasteiger partial charge in [0, 0.05) is 41.2 Å². The first-order valence-electron chi connectivity index (χ1n) is 9.53. The van der Waals surface area contributed by atoms with E-state index in [2.05, 4.69) is 9.97 Å². The van der Waals surface area contributed by atoms with Gasteiger partial charge in [-0.2, -0.15) is 0 Å². The number of benzene rings is 1. The van der Waals surface area contributed by atoms with Crippen molar-refractivity contribution in [3.63, 3.8) is 0 Å². The summed E-state index contributed by atoms with van der Waals surface area (Å²) >= 11 is 0. The predicted molar refractivity (Wildman–Crippen MR) is 117 cm³/mol. The van der Waals surface area contributed by atoms with E-state index in [1.54, 1.807) is 42.3 Å². The van der Waals surface area contributed by atoms with E-state index in [1.807, 2.05) is 49.4 Å². The number of nitrogens with zero attached hydrogens (tertiary/aromatic N) is 4. The average Bonchev–Trinajstić information content (AvgIpc) is 2.78. The van der Waals surface area contributed by atoms with Crippen LogP contribution in [0.1, 0.15) is 5.56 Å². The summed E-state index contributed by atoms with van der Waals surface area (Å²) in [5.74, 6) is 0.542. The first-order valence-corrected chi connectivity index (χ1v) is 9.53. The normalized spacial score (nSPS) is 11.1. The molecule has 5 aromatic rings. The summed E-state index contributed by atoms with van der Waals surface area (Å²) in [5.41, 5.74) is 5.50. The highest BCUT2D eigenvalue weighted by Crippen LogP contribution is 2.27. The van der Waals surface area contributed by atoms with Crippen molar-refractivity contribution in [1.29, 1.82) is 0 Å². The molecule has 0 aliphatic carbocycles. The predicted octanol–water partition coefficient (Wildman–Crippen LogP) is 4.31. The molecule has 6 nitrogen and oxygen atoms in total. The average molecular weight is 394 g/mol. The topological polar surface area (TPSA) is 69.9 Å². The number of pyridine rings is 4. The first kappa shape index (κ1) is 18.0. The first-order chi connectivity index (χ1) is 14.6. The molecule has 0 amide bonds. The van der Waals surface area contributed by atoms with E-state index in [0.29, 0.717) is 11.4 Å². The molecule has 0 fully saturated rings. The molecule has 6 heteroatoms. The van der Waals surface area contributed by atoms with Crippen LogP contribution in [0.4, 0.5) is 0 Å². The maximum absolute atomic E-state index is 12.9. The highest BCUT2D eigenvalue weighted by Gasteiger charge is 2.13. The van der Waals surface area contributed by atoms with Crippen LogP contribution in [0, 0.1) is 6.92 Å². The fourth-order valence-corrected chi connectivity index (χ4v) is 3.61. The Balaban J connectivity index is 1.83. The molecular weight excluding hydrogens is 376 g/mol. The number of aromatic nitrogens is 4. The molecule has 4 heterocycles. The molecule has 0 saturated carbocycles. The second-order valence-electron chi connectivity index (χ2n) is 7.06. The molecule has 0 aliphatic heterocycles. The van der Waals surface area contributed by atoms with Gasteiger partial charge in [-0.15, -0.1) is 0 Å². The molecule has 0 bridgehead atoms. The highest BCUT2D eigenvalue weighted by molar-refractivity contribution is 6.02. The van der Waals surface area contributed by atoms with Crippen molar-refractivity contribution in [2.24, 2.45) is 0 Å². The Morgan fingerprint density at radius 3 is 2.60 bits per heavy atom. The zero-order valence-electron chi connectivity index (χ0n) is 16.5. The van der Waals surface area contributed by atoms with Gasteiger partial charge in [-0.25, -0.2) is 9.97 Å². The number of aryl methyl sites for hydroxylation is 1. The van der Waals surface area contributed by atoms with Crippen LogP contribution in [0.2, 0.25) is 0 Å². The minimum absolute atomic E-state index is 0.112. The van der Waals surface area contributed by atoms with Gasteiger partial charge in [0.2, 0.25) is 5.88 Å². The maximum Gasteiger partial charge on any atom is 0.255 e. The van der Waals surface area contributed by atoms with Crippen molar-refractivity contribution in [1.82, 2.24) is 19.5 Å². The lowest BCUT2D eigenvalue weighted by Crippen LogP contribution is -2.18. The number of rotatable bonds is 3. The van der Waals surface area contributed by atoms with Gasteiger partial charge in [-0.3, -0.25) is 14.3 Å². The van der Waals surface area contributed by atoms with Gasteiger partial charge in [-0.05, 0) is 48.9 Å². The molecule has 0 radical (unpaired) electrons. The van der Waals surface area contributed by atoms with Crippen LogP contribution in [0.3, 0.4) is 0 Å². The van der Waals surface area contributed by atoms with Crippen LogP contribution < -0.4 is 10.3 Å². The van der Waals surface area contributed by atoms with Crippen molar-refractivity contribution in [3.05, 3.63) is 89.0 Å². The van der Waals surface area contributed by atoms with E-state index < -0.39 is 0 Å².